The monoisotopic (exact) mass is 416 g/mol. The van der Waals surface area contributed by atoms with Gasteiger partial charge in [0.1, 0.15) is 21.4 Å². The molecule has 0 spiro atoms. The Hall–Kier alpha value is -2.39. The maximum Gasteiger partial charge on any atom is 0.321 e. The minimum absolute atomic E-state index is 0.115. The lowest BCUT2D eigenvalue weighted by Gasteiger charge is -2.11. The van der Waals surface area contributed by atoms with Crippen LogP contribution in [0.1, 0.15) is 34.9 Å². The predicted octanol–water partition coefficient (Wildman–Crippen LogP) is 3.59. The van der Waals surface area contributed by atoms with Crippen LogP contribution in [0.25, 0.3) is 10.2 Å². The molecule has 3 amide bonds. The van der Waals surface area contributed by atoms with E-state index >= 15 is 0 Å². The van der Waals surface area contributed by atoms with E-state index in [9.17, 15) is 9.59 Å². The first kappa shape index (κ1) is 18.9. The van der Waals surface area contributed by atoms with Crippen molar-refractivity contribution in [2.45, 2.75) is 44.2 Å². The largest absolute Gasteiger partial charge is 0.467 e. The number of nitrogens with one attached hydrogen (secondary N) is 2. The van der Waals surface area contributed by atoms with E-state index in [1.54, 1.807) is 23.5 Å². The van der Waals surface area contributed by atoms with E-state index in [1.165, 1.54) is 41.3 Å². The van der Waals surface area contributed by atoms with Crippen molar-refractivity contribution in [2.75, 3.05) is 5.75 Å². The SMILES string of the molecule is Cc1nc(SCC(=O)NC(=O)NCc2ccco2)c2c3c(sc2n1)CCCC3. The Bertz CT molecular complexity index is 1010. The molecule has 1 aliphatic carbocycles. The summed E-state index contributed by atoms with van der Waals surface area (Å²) in [5, 5.41) is 6.85. The van der Waals surface area contributed by atoms with Crippen LogP contribution < -0.4 is 10.6 Å². The van der Waals surface area contributed by atoms with Crippen molar-refractivity contribution in [1.82, 2.24) is 20.6 Å². The van der Waals surface area contributed by atoms with Crippen LogP contribution in [0, 0.1) is 6.92 Å². The smallest absolute Gasteiger partial charge is 0.321 e. The van der Waals surface area contributed by atoms with Crippen molar-refractivity contribution in [3.8, 4) is 0 Å². The molecule has 3 heterocycles. The van der Waals surface area contributed by atoms with E-state index in [1.807, 2.05) is 6.92 Å². The maximum atomic E-state index is 12.2. The molecule has 7 nitrogen and oxygen atoms in total. The fourth-order valence-corrected chi connectivity index (χ4v) is 5.52. The third-order valence-electron chi connectivity index (χ3n) is 4.49. The van der Waals surface area contributed by atoms with Gasteiger partial charge in [0.05, 0.1) is 18.6 Å². The fraction of sp³-hybridized carbons (Fsp3) is 0.368. The van der Waals surface area contributed by atoms with Crippen molar-refractivity contribution in [1.29, 1.82) is 0 Å². The summed E-state index contributed by atoms with van der Waals surface area (Å²) in [5.41, 5.74) is 1.34. The summed E-state index contributed by atoms with van der Waals surface area (Å²) in [4.78, 5) is 35.6. The maximum absolute atomic E-state index is 12.2. The summed E-state index contributed by atoms with van der Waals surface area (Å²) in [6.07, 6.45) is 6.05. The Morgan fingerprint density at radius 2 is 2.14 bits per heavy atom. The van der Waals surface area contributed by atoms with Crippen molar-refractivity contribution in [3.63, 3.8) is 0 Å². The van der Waals surface area contributed by atoms with Gasteiger partial charge >= 0.3 is 6.03 Å². The number of aromatic nitrogens is 2. The van der Waals surface area contributed by atoms with Crippen LogP contribution in [0.3, 0.4) is 0 Å². The van der Waals surface area contributed by atoms with Gasteiger partial charge in [-0.3, -0.25) is 10.1 Å². The van der Waals surface area contributed by atoms with Gasteiger partial charge in [0.15, 0.2) is 0 Å². The van der Waals surface area contributed by atoms with Crippen LogP contribution >= 0.6 is 23.1 Å². The van der Waals surface area contributed by atoms with Gasteiger partial charge in [-0.2, -0.15) is 0 Å². The Labute approximate surface area is 170 Å². The molecule has 4 rings (SSSR count). The lowest BCUT2D eigenvalue weighted by Crippen LogP contribution is -2.39. The minimum atomic E-state index is -0.543. The highest BCUT2D eigenvalue weighted by Crippen LogP contribution is 2.39. The molecule has 0 bridgehead atoms. The van der Waals surface area contributed by atoms with E-state index in [2.05, 4.69) is 20.6 Å². The van der Waals surface area contributed by atoms with Crippen LogP contribution in [0.2, 0.25) is 0 Å². The molecule has 0 radical (unpaired) electrons. The van der Waals surface area contributed by atoms with E-state index in [0.717, 1.165) is 28.1 Å². The Balaban J connectivity index is 1.40. The molecule has 1 aliphatic rings. The van der Waals surface area contributed by atoms with E-state index in [0.29, 0.717) is 11.6 Å². The Morgan fingerprint density at radius 3 is 2.96 bits per heavy atom. The number of carbonyl (C=O) groups is 2. The zero-order chi connectivity index (χ0) is 19.5. The number of thiophene rings is 1. The van der Waals surface area contributed by atoms with Gasteiger partial charge in [0.2, 0.25) is 5.91 Å². The first-order valence-corrected chi connectivity index (χ1v) is 10.9. The fourth-order valence-electron chi connectivity index (χ4n) is 3.25. The number of hydrogen-bond donors (Lipinski definition) is 2. The van der Waals surface area contributed by atoms with Crippen molar-refractivity contribution < 1.29 is 14.0 Å². The third kappa shape index (κ3) is 4.20. The molecule has 3 aromatic rings. The number of carbonyl (C=O) groups excluding carboxylic acids is 2. The molecule has 0 unspecified atom stereocenters. The molecule has 0 saturated heterocycles. The summed E-state index contributed by atoms with van der Waals surface area (Å²) in [6.45, 7) is 2.09. The average Bonchev–Trinajstić information content (AvgIpc) is 3.31. The summed E-state index contributed by atoms with van der Waals surface area (Å²) < 4.78 is 5.14. The number of hydrogen-bond acceptors (Lipinski definition) is 7. The summed E-state index contributed by atoms with van der Waals surface area (Å²) in [5.74, 6) is 1.07. The quantitative estimate of drug-likeness (QED) is 0.487. The number of aryl methyl sites for hydroxylation is 3. The molecule has 9 heteroatoms. The number of amides is 3. The lowest BCUT2D eigenvalue weighted by atomic mass is 9.97. The number of rotatable bonds is 5. The topological polar surface area (TPSA) is 97.1 Å². The predicted molar refractivity (Wildman–Crippen MR) is 109 cm³/mol. The average molecular weight is 417 g/mol. The molecule has 0 atom stereocenters. The molecule has 146 valence electrons. The standard InChI is InChI=1S/C19H20N4O3S2/c1-11-21-17(16-13-6-2-3-7-14(13)28-18(16)22-11)27-10-15(24)23-19(25)20-9-12-5-4-8-26-12/h4-5,8H,2-3,6-7,9-10H2,1H3,(H2,20,23,24,25). The van der Waals surface area contributed by atoms with Crippen molar-refractivity contribution in [3.05, 3.63) is 40.4 Å². The molecule has 0 aliphatic heterocycles. The normalized spacial score (nSPS) is 13.3. The van der Waals surface area contributed by atoms with Gasteiger partial charge in [-0.1, -0.05) is 11.8 Å². The highest BCUT2D eigenvalue weighted by molar-refractivity contribution is 8.00. The van der Waals surface area contributed by atoms with Crippen LogP contribution in [0.4, 0.5) is 4.79 Å². The molecular formula is C19H20N4O3S2. The van der Waals surface area contributed by atoms with Gasteiger partial charge in [0.25, 0.3) is 0 Å². The number of imide groups is 1. The Morgan fingerprint density at radius 1 is 1.29 bits per heavy atom. The summed E-state index contributed by atoms with van der Waals surface area (Å²) in [7, 11) is 0. The summed E-state index contributed by atoms with van der Waals surface area (Å²) in [6, 6.07) is 2.95. The van der Waals surface area contributed by atoms with Gasteiger partial charge in [-0.25, -0.2) is 14.8 Å². The van der Waals surface area contributed by atoms with Gasteiger partial charge in [-0.05, 0) is 50.3 Å². The highest BCUT2D eigenvalue weighted by atomic mass is 32.2. The molecule has 0 aromatic carbocycles. The van der Waals surface area contributed by atoms with E-state index < -0.39 is 6.03 Å². The van der Waals surface area contributed by atoms with Crippen molar-refractivity contribution in [2.24, 2.45) is 0 Å². The van der Waals surface area contributed by atoms with E-state index in [4.69, 9.17) is 4.42 Å². The molecular weight excluding hydrogens is 396 g/mol. The molecule has 28 heavy (non-hydrogen) atoms. The lowest BCUT2D eigenvalue weighted by molar-refractivity contribution is -0.117. The van der Waals surface area contributed by atoms with Gasteiger partial charge in [0, 0.05) is 10.3 Å². The molecule has 2 N–H and O–H groups in total. The molecule has 0 fully saturated rings. The summed E-state index contributed by atoms with van der Waals surface area (Å²) >= 11 is 3.09. The van der Waals surface area contributed by atoms with Crippen LogP contribution in [-0.2, 0) is 24.2 Å². The second-order valence-corrected chi connectivity index (χ2v) is 8.61. The minimum Gasteiger partial charge on any atom is -0.467 e. The Kier molecular flexibility index (Phi) is 5.63. The molecule has 3 aromatic heterocycles. The second-order valence-electron chi connectivity index (χ2n) is 6.57. The van der Waals surface area contributed by atoms with Crippen molar-refractivity contribution >= 4 is 45.3 Å². The first-order valence-electron chi connectivity index (χ1n) is 9.12. The van der Waals surface area contributed by atoms with Gasteiger partial charge < -0.3 is 9.73 Å². The number of nitrogens with zero attached hydrogens (tertiary/aromatic N) is 2. The van der Waals surface area contributed by atoms with E-state index in [-0.39, 0.29) is 18.2 Å². The highest BCUT2D eigenvalue weighted by Gasteiger charge is 2.21. The number of urea groups is 1. The first-order chi connectivity index (χ1) is 13.6. The van der Waals surface area contributed by atoms with Crippen LogP contribution in [-0.4, -0.2) is 27.7 Å². The zero-order valence-corrected chi connectivity index (χ0v) is 17.0. The number of fused-ring (bicyclic) bond motifs is 3. The number of furan rings is 1. The van der Waals surface area contributed by atoms with Crippen LogP contribution in [0.5, 0.6) is 0 Å². The molecule has 0 saturated carbocycles. The third-order valence-corrected chi connectivity index (χ3v) is 6.65. The second kappa shape index (κ2) is 8.32. The van der Waals surface area contributed by atoms with Crippen LogP contribution in [0.15, 0.2) is 27.8 Å². The van der Waals surface area contributed by atoms with Gasteiger partial charge in [-0.15, -0.1) is 11.3 Å². The zero-order valence-electron chi connectivity index (χ0n) is 15.4. The number of thioether (sulfide) groups is 1.